The van der Waals surface area contributed by atoms with Crippen molar-refractivity contribution < 1.29 is 19.1 Å². The molecule has 2 fully saturated rings. The van der Waals surface area contributed by atoms with E-state index in [1.807, 2.05) is 75.4 Å². The third-order valence-corrected chi connectivity index (χ3v) is 7.77. The average Bonchev–Trinajstić information content (AvgIpc) is 3.46. The van der Waals surface area contributed by atoms with E-state index in [1.165, 1.54) is 5.56 Å². The Labute approximate surface area is 237 Å². The Bertz CT molecular complexity index is 1290. The summed E-state index contributed by atoms with van der Waals surface area (Å²) in [6.07, 6.45) is 2.50. The van der Waals surface area contributed by atoms with Crippen LogP contribution in [0.4, 0.5) is 10.5 Å². The van der Waals surface area contributed by atoms with Crippen molar-refractivity contribution in [2.75, 3.05) is 18.4 Å². The predicted molar refractivity (Wildman–Crippen MR) is 158 cm³/mol. The molecule has 3 atom stereocenters. The van der Waals surface area contributed by atoms with E-state index in [0.717, 1.165) is 54.9 Å². The number of ether oxygens (including phenoxy) is 2. The summed E-state index contributed by atoms with van der Waals surface area (Å²) in [6, 6.07) is 26.5. The summed E-state index contributed by atoms with van der Waals surface area (Å²) in [5.41, 5.74) is 4.79. The molecule has 3 aromatic rings. The second kappa shape index (κ2) is 12.3. The number of aryl methyl sites for hydroxylation is 1. The summed E-state index contributed by atoms with van der Waals surface area (Å²) in [5, 5.41) is 2.98. The zero-order chi connectivity index (χ0) is 28.1. The molecule has 0 bridgehead atoms. The molecule has 1 heterocycles. The fraction of sp³-hybridized carbons (Fsp3) is 0.412. The Hall–Kier alpha value is -3.64. The van der Waals surface area contributed by atoms with Gasteiger partial charge in [0.1, 0.15) is 11.7 Å². The highest BCUT2D eigenvalue weighted by Crippen LogP contribution is 2.40. The lowest BCUT2D eigenvalue weighted by Crippen LogP contribution is -2.25. The topological polar surface area (TPSA) is 67.9 Å². The van der Waals surface area contributed by atoms with Crippen LogP contribution in [-0.4, -0.2) is 41.8 Å². The van der Waals surface area contributed by atoms with Gasteiger partial charge in [0.15, 0.2) is 0 Å². The number of fused-ring (bicyclic) bond motifs is 1. The molecule has 6 heteroatoms. The van der Waals surface area contributed by atoms with Crippen LogP contribution in [0.25, 0.3) is 11.1 Å². The van der Waals surface area contributed by atoms with Crippen LogP contribution in [0, 0.1) is 11.8 Å². The lowest BCUT2D eigenvalue weighted by molar-refractivity contribution is -0.154. The highest BCUT2D eigenvalue weighted by molar-refractivity contribution is 5.91. The molecular formula is C34H40N2O4. The first-order valence-corrected chi connectivity index (χ1v) is 14.4. The largest absolute Gasteiger partial charge is 0.460 e. The number of nitrogens with zero attached hydrogens (tertiary/aromatic N) is 1. The van der Waals surface area contributed by atoms with Crippen LogP contribution in [0.1, 0.15) is 51.2 Å². The standard InChI is InChI=1S/C34H40N2O4/c1-34(2,3)40-32(37)18-17-24-13-15-25(16-14-24)21-36-22-27-19-29(20-28(27)23-36)39-33(38)35-31-12-8-7-11-30(31)26-9-5-4-6-10-26/h4-16,27-29H,17-23H2,1-3H3,(H,35,38)/t27-,28+,29?. The van der Waals surface area contributed by atoms with Crippen LogP contribution < -0.4 is 5.32 Å². The van der Waals surface area contributed by atoms with Gasteiger partial charge >= 0.3 is 12.1 Å². The van der Waals surface area contributed by atoms with Gasteiger partial charge in [0.2, 0.25) is 0 Å². The van der Waals surface area contributed by atoms with E-state index in [9.17, 15) is 9.59 Å². The van der Waals surface area contributed by atoms with Crippen molar-refractivity contribution in [2.45, 2.75) is 64.7 Å². The van der Waals surface area contributed by atoms with E-state index in [4.69, 9.17) is 9.47 Å². The molecule has 0 radical (unpaired) electrons. The molecule has 1 saturated carbocycles. The van der Waals surface area contributed by atoms with Crippen molar-refractivity contribution in [1.82, 2.24) is 4.90 Å². The highest BCUT2D eigenvalue weighted by Gasteiger charge is 2.42. The van der Waals surface area contributed by atoms with Crippen LogP contribution in [-0.2, 0) is 27.2 Å². The van der Waals surface area contributed by atoms with Gasteiger partial charge in [-0.05, 0) is 74.6 Å². The molecule has 2 aliphatic rings. The molecule has 210 valence electrons. The minimum absolute atomic E-state index is 0.0368. The number of likely N-dealkylation sites (tertiary alicyclic amines) is 1. The van der Waals surface area contributed by atoms with E-state index in [2.05, 4.69) is 34.5 Å². The minimum atomic E-state index is -0.442. The Balaban J connectivity index is 1.06. The number of hydrogen-bond acceptors (Lipinski definition) is 5. The monoisotopic (exact) mass is 540 g/mol. The molecule has 0 aromatic heterocycles. The fourth-order valence-electron chi connectivity index (χ4n) is 6.03. The summed E-state index contributed by atoms with van der Waals surface area (Å²) >= 11 is 0. The summed E-state index contributed by atoms with van der Waals surface area (Å²) in [6.45, 7) is 8.66. The van der Waals surface area contributed by atoms with Gasteiger partial charge in [0.05, 0.1) is 5.69 Å². The third kappa shape index (κ3) is 7.51. The van der Waals surface area contributed by atoms with Crippen molar-refractivity contribution in [1.29, 1.82) is 0 Å². The molecule has 1 unspecified atom stereocenters. The van der Waals surface area contributed by atoms with Crippen molar-refractivity contribution >= 4 is 17.7 Å². The number of carbonyl (C=O) groups excluding carboxylic acids is 2. The Morgan fingerprint density at radius 3 is 2.15 bits per heavy atom. The normalized spacial score (nSPS) is 20.6. The Kier molecular flexibility index (Phi) is 8.55. The zero-order valence-electron chi connectivity index (χ0n) is 23.8. The van der Waals surface area contributed by atoms with Crippen LogP contribution in [0.5, 0.6) is 0 Å². The molecule has 1 saturated heterocycles. The van der Waals surface area contributed by atoms with Crippen LogP contribution in [0.15, 0.2) is 78.9 Å². The van der Waals surface area contributed by atoms with Crippen molar-refractivity contribution in [2.24, 2.45) is 11.8 Å². The Morgan fingerprint density at radius 1 is 0.850 bits per heavy atom. The SMILES string of the molecule is CC(C)(C)OC(=O)CCc1ccc(CN2C[C@H]3CC(OC(=O)Nc4ccccc4-c4ccccc4)C[C@H]3C2)cc1. The van der Waals surface area contributed by atoms with Gasteiger partial charge in [-0.3, -0.25) is 15.0 Å². The van der Waals surface area contributed by atoms with E-state index >= 15 is 0 Å². The smallest absolute Gasteiger partial charge is 0.411 e. The summed E-state index contributed by atoms with van der Waals surface area (Å²) < 4.78 is 11.3. The molecule has 40 heavy (non-hydrogen) atoms. The molecule has 1 amide bonds. The number of amides is 1. The number of hydrogen-bond donors (Lipinski definition) is 1. The number of anilines is 1. The second-order valence-corrected chi connectivity index (χ2v) is 12.2. The molecule has 5 rings (SSSR count). The van der Waals surface area contributed by atoms with Crippen LogP contribution in [0.3, 0.4) is 0 Å². The fourth-order valence-corrected chi connectivity index (χ4v) is 6.03. The second-order valence-electron chi connectivity index (χ2n) is 12.2. The third-order valence-electron chi connectivity index (χ3n) is 7.77. The van der Waals surface area contributed by atoms with Gasteiger partial charge in [-0.25, -0.2) is 4.79 Å². The lowest BCUT2D eigenvalue weighted by Gasteiger charge is -2.20. The van der Waals surface area contributed by atoms with E-state index < -0.39 is 5.60 Å². The highest BCUT2D eigenvalue weighted by atomic mass is 16.6. The molecule has 1 aliphatic carbocycles. The Morgan fingerprint density at radius 2 is 1.48 bits per heavy atom. The molecule has 3 aromatic carbocycles. The predicted octanol–water partition coefficient (Wildman–Crippen LogP) is 7.09. The minimum Gasteiger partial charge on any atom is -0.460 e. The van der Waals surface area contributed by atoms with Crippen LogP contribution in [0.2, 0.25) is 0 Å². The van der Waals surface area contributed by atoms with Crippen molar-refractivity contribution in [3.05, 3.63) is 90.0 Å². The molecule has 1 aliphatic heterocycles. The first-order valence-electron chi connectivity index (χ1n) is 14.4. The molecule has 0 spiro atoms. The van der Waals surface area contributed by atoms with Crippen molar-refractivity contribution in [3.8, 4) is 11.1 Å². The van der Waals surface area contributed by atoms with Gasteiger partial charge in [-0.2, -0.15) is 0 Å². The van der Waals surface area contributed by atoms with E-state index in [1.54, 1.807) is 0 Å². The molecule has 1 N–H and O–H groups in total. The quantitative estimate of drug-likeness (QED) is 0.309. The zero-order valence-corrected chi connectivity index (χ0v) is 23.8. The van der Waals surface area contributed by atoms with Crippen molar-refractivity contribution in [3.63, 3.8) is 0 Å². The van der Waals surface area contributed by atoms with Gasteiger partial charge in [0, 0.05) is 31.6 Å². The van der Waals surface area contributed by atoms with Gasteiger partial charge < -0.3 is 9.47 Å². The lowest BCUT2D eigenvalue weighted by atomic mass is 10.0. The van der Waals surface area contributed by atoms with E-state index in [0.29, 0.717) is 24.7 Å². The number of nitrogens with one attached hydrogen (secondary N) is 1. The maximum atomic E-state index is 12.8. The maximum Gasteiger partial charge on any atom is 0.411 e. The van der Waals surface area contributed by atoms with Gasteiger partial charge in [-0.15, -0.1) is 0 Å². The number of esters is 1. The number of rotatable bonds is 8. The average molecular weight is 541 g/mol. The van der Waals surface area contributed by atoms with Gasteiger partial charge in [-0.1, -0.05) is 72.8 Å². The van der Waals surface area contributed by atoms with Crippen LogP contribution >= 0.6 is 0 Å². The summed E-state index contributed by atoms with van der Waals surface area (Å²) in [5.74, 6) is 0.960. The maximum absolute atomic E-state index is 12.8. The number of para-hydroxylation sites is 1. The number of benzene rings is 3. The van der Waals surface area contributed by atoms with E-state index in [-0.39, 0.29) is 18.2 Å². The first-order chi connectivity index (χ1) is 19.2. The molecular weight excluding hydrogens is 500 g/mol. The molecule has 6 nitrogen and oxygen atoms in total. The summed E-state index contributed by atoms with van der Waals surface area (Å²) in [7, 11) is 0. The van der Waals surface area contributed by atoms with Gasteiger partial charge in [0.25, 0.3) is 0 Å². The number of carbonyl (C=O) groups is 2. The summed E-state index contributed by atoms with van der Waals surface area (Å²) in [4.78, 5) is 27.3. The first kappa shape index (κ1) is 27.9.